The number of nitrogens with zero attached hydrogens (tertiary/aromatic N) is 6. The second-order valence-corrected chi connectivity index (χ2v) is 13.7. The molecule has 3 fully saturated rings. The molecule has 1 unspecified atom stereocenters. The average Bonchev–Trinajstić information content (AvgIpc) is 3.39. The Hall–Kier alpha value is -5.46. The summed E-state index contributed by atoms with van der Waals surface area (Å²) < 4.78 is 21.8. The molecule has 4 aliphatic rings. The molecule has 0 spiro atoms. The van der Waals surface area contributed by atoms with Gasteiger partial charge in [0.25, 0.3) is 17.7 Å². The third kappa shape index (κ3) is 7.04. The van der Waals surface area contributed by atoms with Crippen LogP contribution in [0.5, 0.6) is 5.75 Å². The van der Waals surface area contributed by atoms with E-state index in [1.54, 1.807) is 30.3 Å². The minimum absolute atomic E-state index is 0.00717. The minimum Gasteiger partial charge on any atom is -0.490 e. The van der Waals surface area contributed by atoms with Crippen molar-refractivity contribution in [2.24, 2.45) is 0 Å². The Kier molecular flexibility index (Phi) is 9.85. The van der Waals surface area contributed by atoms with Crippen LogP contribution in [0.3, 0.4) is 0 Å². The molecule has 14 nitrogen and oxygen atoms in total. The SMILES string of the molecule is N#Cc1ccc(OC2CCC(NC(=O)c3ccc(N4CCN(Cc5ccc6c(c5F)C(=O)N(C5CCC(=O)NC5=O)C6=O)CC4)nn3)CC2)cc1Cl. The van der Waals surface area contributed by atoms with Gasteiger partial charge in [0.1, 0.15) is 23.7 Å². The fourth-order valence-corrected chi connectivity index (χ4v) is 7.32. The minimum atomic E-state index is -1.16. The van der Waals surface area contributed by atoms with E-state index in [2.05, 4.69) is 20.8 Å². The van der Waals surface area contributed by atoms with Gasteiger partial charge in [0.05, 0.1) is 27.8 Å². The Morgan fingerprint density at radius 1 is 0.981 bits per heavy atom. The number of benzene rings is 2. The summed E-state index contributed by atoms with van der Waals surface area (Å²) in [5.74, 6) is -2.73. The molecule has 2 N–H and O–H groups in total. The van der Waals surface area contributed by atoms with E-state index in [0.29, 0.717) is 48.3 Å². The third-order valence-electron chi connectivity index (χ3n) is 9.97. The van der Waals surface area contributed by atoms with Gasteiger partial charge in [-0.3, -0.25) is 39.1 Å². The van der Waals surface area contributed by atoms with Crippen molar-refractivity contribution in [2.45, 2.75) is 63.3 Å². The molecule has 16 heteroatoms. The summed E-state index contributed by atoms with van der Waals surface area (Å²) in [6, 6.07) is 12.1. The maximum atomic E-state index is 15.7. The molecule has 52 heavy (non-hydrogen) atoms. The number of imide groups is 2. The highest BCUT2D eigenvalue weighted by atomic mass is 35.5. The Morgan fingerprint density at radius 3 is 2.42 bits per heavy atom. The predicted molar refractivity (Wildman–Crippen MR) is 183 cm³/mol. The summed E-state index contributed by atoms with van der Waals surface area (Å²) in [6.07, 6.45) is 2.93. The molecule has 0 bridgehead atoms. The van der Waals surface area contributed by atoms with Crippen LogP contribution < -0.4 is 20.3 Å². The molecule has 3 aliphatic heterocycles. The van der Waals surface area contributed by atoms with Gasteiger partial charge in [0.2, 0.25) is 11.8 Å². The highest BCUT2D eigenvalue weighted by molar-refractivity contribution is 6.31. The van der Waals surface area contributed by atoms with Gasteiger partial charge in [-0.05, 0) is 62.4 Å². The smallest absolute Gasteiger partial charge is 0.272 e. The van der Waals surface area contributed by atoms with Crippen LogP contribution in [-0.2, 0) is 16.1 Å². The van der Waals surface area contributed by atoms with Gasteiger partial charge < -0.3 is 15.0 Å². The summed E-state index contributed by atoms with van der Waals surface area (Å²) in [5, 5.41) is 23.1. The number of aromatic nitrogens is 2. The lowest BCUT2D eigenvalue weighted by molar-refractivity contribution is -0.136. The Balaban J connectivity index is 0.882. The van der Waals surface area contributed by atoms with E-state index in [9.17, 15) is 24.0 Å². The standard InChI is InChI=1S/C36H34ClFN8O6/c37-26-17-24(5-1-20(26)18-39)52-23-6-3-22(4-7-23)40-33(48)27-9-11-29(43-42-27)45-15-13-44(14-16-45)19-21-2-8-25-31(32(21)38)36(51)46(35(25)50)28-10-12-30(47)41-34(28)49/h1-2,5,8-9,11,17,22-23,28H,3-4,6-7,10,12-16,19H2,(H,40,48)(H,41,47,49). The van der Waals surface area contributed by atoms with Crippen LogP contribution in [0, 0.1) is 17.1 Å². The van der Waals surface area contributed by atoms with Crippen LogP contribution in [0.2, 0.25) is 5.02 Å². The van der Waals surface area contributed by atoms with Crippen molar-refractivity contribution in [3.63, 3.8) is 0 Å². The van der Waals surface area contributed by atoms with Gasteiger partial charge in [0, 0.05) is 56.8 Å². The lowest BCUT2D eigenvalue weighted by Crippen LogP contribution is -2.54. The zero-order chi connectivity index (χ0) is 36.5. The molecule has 1 saturated carbocycles. The van der Waals surface area contributed by atoms with Crippen molar-refractivity contribution < 1.29 is 33.1 Å². The van der Waals surface area contributed by atoms with Crippen molar-refractivity contribution in [2.75, 3.05) is 31.1 Å². The number of fused-ring (bicyclic) bond motifs is 1. The van der Waals surface area contributed by atoms with Crippen molar-refractivity contribution >= 4 is 47.0 Å². The van der Waals surface area contributed by atoms with Gasteiger partial charge in [-0.2, -0.15) is 5.26 Å². The summed E-state index contributed by atoms with van der Waals surface area (Å²) in [6.45, 7) is 2.44. The monoisotopic (exact) mass is 728 g/mol. The first-order chi connectivity index (χ1) is 25.1. The number of rotatable bonds is 8. The predicted octanol–water partition coefficient (Wildman–Crippen LogP) is 2.98. The first kappa shape index (κ1) is 35.0. The summed E-state index contributed by atoms with van der Waals surface area (Å²) in [5.41, 5.74) is 0.415. The molecule has 268 valence electrons. The largest absolute Gasteiger partial charge is 0.490 e. The van der Waals surface area contributed by atoms with Crippen LogP contribution in [0.1, 0.15) is 80.9 Å². The molecule has 4 heterocycles. The molecule has 1 aliphatic carbocycles. The maximum absolute atomic E-state index is 15.7. The number of halogens is 2. The molecule has 3 aromatic rings. The number of nitriles is 1. The number of ether oxygens (including phenoxy) is 1. The van der Waals surface area contributed by atoms with Crippen LogP contribution in [-0.4, -0.2) is 93.9 Å². The first-order valence-electron chi connectivity index (χ1n) is 17.1. The fourth-order valence-electron chi connectivity index (χ4n) is 7.11. The van der Waals surface area contributed by atoms with E-state index in [0.717, 1.165) is 30.6 Å². The molecule has 1 aromatic heterocycles. The number of hydrogen-bond acceptors (Lipinski definition) is 11. The van der Waals surface area contributed by atoms with Crippen LogP contribution >= 0.6 is 11.6 Å². The second kappa shape index (κ2) is 14.6. The number of carbonyl (C=O) groups is 5. The molecule has 2 saturated heterocycles. The fraction of sp³-hybridized carbons (Fsp3) is 0.389. The third-order valence-corrected chi connectivity index (χ3v) is 10.3. The summed E-state index contributed by atoms with van der Waals surface area (Å²) >= 11 is 6.12. The summed E-state index contributed by atoms with van der Waals surface area (Å²) in [4.78, 5) is 67.8. The van der Waals surface area contributed by atoms with E-state index in [4.69, 9.17) is 21.6 Å². The Labute approximate surface area is 302 Å². The van der Waals surface area contributed by atoms with Crippen molar-refractivity contribution in [1.82, 2.24) is 30.6 Å². The van der Waals surface area contributed by atoms with E-state index < -0.39 is 35.5 Å². The average molecular weight is 729 g/mol. The van der Waals surface area contributed by atoms with E-state index in [1.165, 1.54) is 12.1 Å². The first-order valence-corrected chi connectivity index (χ1v) is 17.5. The lowest BCUT2D eigenvalue weighted by atomic mass is 9.93. The number of amides is 5. The number of piperidine rings is 1. The zero-order valence-electron chi connectivity index (χ0n) is 27.9. The Bertz CT molecular complexity index is 1990. The van der Waals surface area contributed by atoms with E-state index in [1.807, 2.05) is 15.9 Å². The van der Waals surface area contributed by atoms with Gasteiger partial charge >= 0.3 is 0 Å². The van der Waals surface area contributed by atoms with Crippen LogP contribution in [0.4, 0.5) is 10.2 Å². The highest BCUT2D eigenvalue weighted by Gasteiger charge is 2.46. The Morgan fingerprint density at radius 2 is 1.75 bits per heavy atom. The molecule has 0 radical (unpaired) electrons. The van der Waals surface area contributed by atoms with Gasteiger partial charge in [-0.25, -0.2) is 4.39 Å². The quantitative estimate of drug-likeness (QED) is 0.326. The van der Waals surface area contributed by atoms with Crippen LogP contribution in [0.15, 0.2) is 42.5 Å². The molecule has 5 amide bonds. The molecule has 1 atom stereocenters. The van der Waals surface area contributed by atoms with Crippen LogP contribution in [0.25, 0.3) is 0 Å². The van der Waals surface area contributed by atoms with Gasteiger partial charge in [-0.1, -0.05) is 17.7 Å². The maximum Gasteiger partial charge on any atom is 0.272 e. The second-order valence-electron chi connectivity index (χ2n) is 13.3. The number of nitrogens with one attached hydrogen (secondary N) is 2. The van der Waals surface area contributed by atoms with E-state index >= 15 is 4.39 Å². The van der Waals surface area contributed by atoms with Crippen molar-refractivity contribution in [3.8, 4) is 11.8 Å². The highest BCUT2D eigenvalue weighted by Crippen LogP contribution is 2.32. The molecule has 2 aromatic carbocycles. The number of hydrogen-bond donors (Lipinski definition) is 2. The van der Waals surface area contributed by atoms with E-state index in [-0.39, 0.29) is 59.8 Å². The number of anilines is 1. The van der Waals surface area contributed by atoms with Crippen molar-refractivity contribution in [1.29, 1.82) is 5.26 Å². The zero-order valence-corrected chi connectivity index (χ0v) is 28.7. The lowest BCUT2D eigenvalue weighted by Gasteiger charge is -2.35. The normalized spacial score (nSPS) is 22.1. The summed E-state index contributed by atoms with van der Waals surface area (Å²) in [7, 11) is 0. The molecular formula is C36H34ClFN8O6. The topological polar surface area (TPSA) is 178 Å². The van der Waals surface area contributed by atoms with Gasteiger partial charge in [-0.15, -0.1) is 10.2 Å². The number of piperazine rings is 1. The number of carbonyl (C=O) groups excluding carboxylic acids is 5. The van der Waals surface area contributed by atoms with Crippen molar-refractivity contribution in [3.05, 3.63) is 81.3 Å². The molecular weight excluding hydrogens is 695 g/mol. The molecule has 7 rings (SSSR count). The van der Waals surface area contributed by atoms with Gasteiger partial charge in [0.15, 0.2) is 11.5 Å².